The van der Waals surface area contributed by atoms with Gasteiger partial charge in [0.15, 0.2) is 11.5 Å². The van der Waals surface area contributed by atoms with Crippen molar-refractivity contribution in [1.82, 2.24) is 19.7 Å². The van der Waals surface area contributed by atoms with Gasteiger partial charge in [-0.1, -0.05) is 0 Å². The lowest BCUT2D eigenvalue weighted by Crippen LogP contribution is -2.46. The van der Waals surface area contributed by atoms with E-state index in [-0.39, 0.29) is 11.8 Å². The van der Waals surface area contributed by atoms with Gasteiger partial charge in [-0.3, -0.25) is 9.69 Å². The summed E-state index contributed by atoms with van der Waals surface area (Å²) in [5.74, 6) is 2.18. The maximum atomic E-state index is 12.2. The first kappa shape index (κ1) is 14.9. The highest BCUT2D eigenvalue weighted by molar-refractivity contribution is 5.93. The second-order valence-corrected chi connectivity index (χ2v) is 5.53. The molecule has 0 unspecified atom stereocenters. The predicted octanol–water partition coefficient (Wildman–Crippen LogP) is 1.19. The standard InChI is InChI=1S/C15H20N4O3/c1-11-16-17-15(18(11)2)9-19-5-7-21-10-12(19)8-13(20)14-4-3-6-22-14/h3-4,6,12H,5,7-10H2,1-2H3/t12-/m1/s1. The molecule has 0 saturated carbocycles. The summed E-state index contributed by atoms with van der Waals surface area (Å²) in [7, 11) is 1.95. The molecule has 0 amide bonds. The Hall–Kier alpha value is -1.99. The first-order valence-electron chi connectivity index (χ1n) is 7.38. The van der Waals surface area contributed by atoms with Crippen LogP contribution in [0.5, 0.6) is 0 Å². The summed E-state index contributed by atoms with van der Waals surface area (Å²) in [6, 6.07) is 3.45. The van der Waals surface area contributed by atoms with Crippen LogP contribution in [0.25, 0.3) is 0 Å². The van der Waals surface area contributed by atoms with Crippen molar-refractivity contribution >= 4 is 5.78 Å². The Labute approximate surface area is 128 Å². The number of carbonyl (C=O) groups is 1. The number of morpholine rings is 1. The van der Waals surface area contributed by atoms with E-state index in [1.807, 2.05) is 18.5 Å². The topological polar surface area (TPSA) is 73.4 Å². The molecular formula is C15H20N4O3. The van der Waals surface area contributed by atoms with Crippen LogP contribution in [0.3, 0.4) is 0 Å². The number of Topliss-reactive ketones (excluding diaryl/α,β-unsaturated/α-hetero) is 1. The van der Waals surface area contributed by atoms with Crippen LogP contribution in [0.1, 0.15) is 28.6 Å². The molecule has 1 aliphatic heterocycles. The van der Waals surface area contributed by atoms with Gasteiger partial charge in [-0.05, 0) is 19.1 Å². The van der Waals surface area contributed by atoms with Gasteiger partial charge in [0, 0.05) is 26.1 Å². The molecule has 0 aliphatic carbocycles. The molecule has 7 heteroatoms. The first-order chi connectivity index (χ1) is 10.6. The highest BCUT2D eigenvalue weighted by Gasteiger charge is 2.27. The summed E-state index contributed by atoms with van der Waals surface area (Å²) in [6.45, 7) is 4.58. The van der Waals surface area contributed by atoms with Crippen LogP contribution in [0, 0.1) is 6.92 Å². The van der Waals surface area contributed by atoms with Crippen molar-refractivity contribution in [3.8, 4) is 0 Å². The number of aryl methyl sites for hydroxylation is 1. The molecule has 3 heterocycles. The summed E-state index contributed by atoms with van der Waals surface area (Å²) in [6.07, 6.45) is 1.90. The van der Waals surface area contributed by atoms with Crippen molar-refractivity contribution in [2.24, 2.45) is 7.05 Å². The zero-order valence-electron chi connectivity index (χ0n) is 12.9. The smallest absolute Gasteiger partial charge is 0.199 e. The van der Waals surface area contributed by atoms with Crippen molar-refractivity contribution in [3.05, 3.63) is 35.8 Å². The minimum atomic E-state index is -0.000328. The molecule has 2 aromatic rings. The highest BCUT2D eigenvalue weighted by Crippen LogP contribution is 2.17. The molecule has 7 nitrogen and oxygen atoms in total. The minimum Gasteiger partial charge on any atom is -0.461 e. The minimum absolute atomic E-state index is 0.000328. The second-order valence-electron chi connectivity index (χ2n) is 5.53. The van der Waals surface area contributed by atoms with Crippen molar-refractivity contribution < 1.29 is 13.9 Å². The van der Waals surface area contributed by atoms with Crippen LogP contribution in [-0.4, -0.2) is 51.2 Å². The van der Waals surface area contributed by atoms with E-state index >= 15 is 0 Å². The maximum Gasteiger partial charge on any atom is 0.199 e. The number of hydrogen-bond acceptors (Lipinski definition) is 6. The Balaban J connectivity index is 1.68. The van der Waals surface area contributed by atoms with E-state index in [9.17, 15) is 4.79 Å². The van der Waals surface area contributed by atoms with Crippen LogP contribution >= 0.6 is 0 Å². The predicted molar refractivity (Wildman–Crippen MR) is 78.4 cm³/mol. The lowest BCUT2D eigenvalue weighted by atomic mass is 10.1. The number of aromatic nitrogens is 3. The fourth-order valence-electron chi connectivity index (χ4n) is 2.61. The molecule has 3 rings (SSSR count). The van der Waals surface area contributed by atoms with E-state index in [2.05, 4.69) is 15.1 Å². The van der Waals surface area contributed by atoms with Gasteiger partial charge in [-0.15, -0.1) is 10.2 Å². The zero-order valence-corrected chi connectivity index (χ0v) is 12.9. The molecule has 1 saturated heterocycles. The number of carbonyl (C=O) groups excluding carboxylic acids is 1. The quantitative estimate of drug-likeness (QED) is 0.773. The average molecular weight is 304 g/mol. The molecule has 0 radical (unpaired) electrons. The molecule has 1 fully saturated rings. The molecule has 1 aliphatic rings. The van der Waals surface area contributed by atoms with Gasteiger partial charge >= 0.3 is 0 Å². The maximum absolute atomic E-state index is 12.2. The monoisotopic (exact) mass is 304 g/mol. The molecule has 0 aromatic carbocycles. The summed E-state index contributed by atoms with van der Waals surface area (Å²) in [5.41, 5.74) is 0. The number of furan rings is 1. The van der Waals surface area contributed by atoms with Gasteiger partial charge in [0.1, 0.15) is 11.6 Å². The van der Waals surface area contributed by atoms with Gasteiger partial charge in [-0.2, -0.15) is 0 Å². The number of hydrogen-bond donors (Lipinski definition) is 0. The number of ether oxygens (including phenoxy) is 1. The summed E-state index contributed by atoms with van der Waals surface area (Å²) in [4.78, 5) is 14.5. The van der Waals surface area contributed by atoms with Crippen molar-refractivity contribution in [2.45, 2.75) is 25.9 Å². The van der Waals surface area contributed by atoms with E-state index in [0.29, 0.717) is 31.9 Å². The molecule has 2 aromatic heterocycles. The van der Waals surface area contributed by atoms with Crippen molar-refractivity contribution in [3.63, 3.8) is 0 Å². The van der Waals surface area contributed by atoms with E-state index in [1.54, 1.807) is 12.1 Å². The van der Waals surface area contributed by atoms with Crippen molar-refractivity contribution in [2.75, 3.05) is 19.8 Å². The van der Waals surface area contributed by atoms with Gasteiger partial charge in [0.05, 0.1) is 26.0 Å². The summed E-state index contributed by atoms with van der Waals surface area (Å²) in [5, 5.41) is 8.28. The second kappa shape index (κ2) is 6.41. The lowest BCUT2D eigenvalue weighted by Gasteiger charge is -2.34. The van der Waals surface area contributed by atoms with E-state index in [4.69, 9.17) is 9.15 Å². The molecule has 0 bridgehead atoms. The van der Waals surface area contributed by atoms with Crippen LogP contribution in [0.15, 0.2) is 22.8 Å². The van der Waals surface area contributed by atoms with Crippen LogP contribution in [0.4, 0.5) is 0 Å². The third-order valence-electron chi connectivity index (χ3n) is 4.09. The molecular weight excluding hydrogens is 284 g/mol. The highest BCUT2D eigenvalue weighted by atomic mass is 16.5. The van der Waals surface area contributed by atoms with Gasteiger partial charge < -0.3 is 13.7 Å². The van der Waals surface area contributed by atoms with Gasteiger partial charge in [-0.25, -0.2) is 0 Å². The summed E-state index contributed by atoms with van der Waals surface area (Å²) < 4.78 is 12.7. The largest absolute Gasteiger partial charge is 0.461 e. The van der Waals surface area contributed by atoms with Crippen molar-refractivity contribution in [1.29, 1.82) is 0 Å². The van der Waals surface area contributed by atoms with Gasteiger partial charge in [0.2, 0.25) is 0 Å². The normalized spacial score (nSPS) is 19.5. The van der Waals surface area contributed by atoms with E-state index < -0.39 is 0 Å². The molecule has 0 spiro atoms. The third kappa shape index (κ3) is 3.10. The fourth-order valence-corrected chi connectivity index (χ4v) is 2.61. The molecule has 0 N–H and O–H groups in total. The Morgan fingerprint density at radius 3 is 3.00 bits per heavy atom. The molecule has 118 valence electrons. The van der Waals surface area contributed by atoms with Crippen LogP contribution < -0.4 is 0 Å². The molecule has 1 atom stereocenters. The number of nitrogens with zero attached hydrogens (tertiary/aromatic N) is 4. The Morgan fingerprint density at radius 2 is 2.32 bits per heavy atom. The van der Waals surface area contributed by atoms with E-state index in [1.165, 1.54) is 6.26 Å². The zero-order chi connectivity index (χ0) is 15.5. The van der Waals surface area contributed by atoms with Gasteiger partial charge in [0.25, 0.3) is 0 Å². The average Bonchev–Trinajstić information content (AvgIpc) is 3.15. The Bertz CT molecular complexity index is 635. The lowest BCUT2D eigenvalue weighted by molar-refractivity contribution is -0.0142. The fraction of sp³-hybridized carbons (Fsp3) is 0.533. The number of ketones is 1. The van der Waals surface area contributed by atoms with Crippen LogP contribution in [-0.2, 0) is 18.3 Å². The number of rotatable bonds is 5. The third-order valence-corrected chi connectivity index (χ3v) is 4.09. The SMILES string of the molecule is Cc1nnc(CN2CCOC[C@H]2CC(=O)c2ccco2)n1C. The van der Waals surface area contributed by atoms with Crippen LogP contribution in [0.2, 0.25) is 0 Å². The Morgan fingerprint density at radius 1 is 1.45 bits per heavy atom. The molecule has 22 heavy (non-hydrogen) atoms. The summed E-state index contributed by atoms with van der Waals surface area (Å²) >= 11 is 0. The Kier molecular flexibility index (Phi) is 4.35. The first-order valence-corrected chi connectivity index (χ1v) is 7.38. The van der Waals surface area contributed by atoms with E-state index in [0.717, 1.165) is 18.2 Å².